The molecule has 0 aliphatic heterocycles. The fourth-order valence-electron chi connectivity index (χ4n) is 4.06. The summed E-state index contributed by atoms with van der Waals surface area (Å²) in [4.78, 5) is 0. The van der Waals surface area contributed by atoms with Crippen molar-refractivity contribution >= 4 is 0 Å². The van der Waals surface area contributed by atoms with Crippen LogP contribution < -0.4 is 4.74 Å². The van der Waals surface area contributed by atoms with E-state index in [-0.39, 0.29) is 28.7 Å². The zero-order valence-corrected chi connectivity index (χ0v) is 22.0. The van der Waals surface area contributed by atoms with Crippen molar-refractivity contribution in [1.82, 2.24) is 0 Å². The predicted octanol–water partition coefficient (Wildman–Crippen LogP) is 9.50. The van der Waals surface area contributed by atoms with Gasteiger partial charge in [-0.1, -0.05) is 30.1 Å². The van der Waals surface area contributed by atoms with Crippen molar-refractivity contribution in [1.29, 1.82) is 0 Å². The Balaban J connectivity index is 1.56. The normalized spacial score (nSPS) is 11.5. The summed E-state index contributed by atoms with van der Waals surface area (Å²) in [6.07, 6.45) is -0.643. The number of hydrogen-bond acceptors (Lipinski definition) is 1. The Kier molecular flexibility index (Phi) is 9.19. The number of alkyl halides is 2. The van der Waals surface area contributed by atoms with Crippen LogP contribution in [-0.4, -0.2) is 0 Å². The molecule has 222 valence electrons. The highest BCUT2D eigenvalue weighted by Crippen LogP contribution is 2.36. The van der Waals surface area contributed by atoms with Gasteiger partial charge in [0.2, 0.25) is 0 Å². The van der Waals surface area contributed by atoms with Gasteiger partial charge in [-0.15, -0.1) is 0 Å². The van der Waals surface area contributed by atoms with Crippen molar-refractivity contribution < 1.29 is 48.6 Å². The van der Waals surface area contributed by atoms with E-state index in [9.17, 15) is 43.9 Å². The minimum atomic E-state index is -4.66. The Morgan fingerprint density at radius 3 is 1.86 bits per heavy atom. The van der Waals surface area contributed by atoms with E-state index in [1.54, 1.807) is 19.1 Å². The Hall–Kier alpha value is -4.72. The van der Waals surface area contributed by atoms with E-state index in [0.29, 0.717) is 42.8 Å². The van der Waals surface area contributed by atoms with Gasteiger partial charge in [0.1, 0.15) is 40.4 Å². The topological polar surface area (TPSA) is 9.23 Å². The van der Waals surface area contributed by atoms with Gasteiger partial charge in [-0.3, -0.25) is 0 Å². The lowest BCUT2D eigenvalue weighted by Crippen LogP contribution is -2.25. The number of benzene rings is 4. The van der Waals surface area contributed by atoms with E-state index in [0.717, 1.165) is 18.2 Å². The van der Waals surface area contributed by atoms with Gasteiger partial charge in [0, 0.05) is 23.3 Å². The van der Waals surface area contributed by atoms with E-state index in [1.807, 2.05) is 0 Å². The Morgan fingerprint density at radius 2 is 1.30 bits per heavy atom. The van der Waals surface area contributed by atoms with E-state index in [2.05, 4.69) is 16.6 Å². The van der Waals surface area contributed by atoms with Crippen molar-refractivity contribution in [2.45, 2.75) is 25.9 Å². The second-order valence-corrected chi connectivity index (χ2v) is 9.12. The zero-order chi connectivity index (χ0) is 31.5. The maximum Gasteiger partial charge on any atom is 0.432 e. The third kappa shape index (κ3) is 7.02. The molecule has 0 N–H and O–H groups in total. The summed E-state index contributed by atoms with van der Waals surface area (Å²) in [5.74, 6) is -8.83. The molecule has 11 heteroatoms. The third-order valence-electron chi connectivity index (χ3n) is 6.09. The van der Waals surface area contributed by atoms with Gasteiger partial charge < -0.3 is 4.74 Å². The van der Waals surface area contributed by atoms with Crippen LogP contribution in [0.4, 0.5) is 43.9 Å². The SMILES string of the molecule is C/C=C/CCc1cc(F)c(C(F)(F)Oc2cc(F)c(C#Cc3ccc(-c4cc(F)c(F)c(F)c4)c(F)c3)c(F)c2)c(F)c1. The van der Waals surface area contributed by atoms with Crippen LogP contribution in [-0.2, 0) is 12.5 Å². The summed E-state index contributed by atoms with van der Waals surface area (Å²) in [6.45, 7) is 1.74. The number of allylic oxidation sites excluding steroid dienone is 2. The molecule has 0 saturated heterocycles. The first kappa shape index (κ1) is 31.2. The molecule has 0 spiro atoms. The Morgan fingerprint density at radius 1 is 0.698 bits per heavy atom. The molecule has 4 aromatic rings. The van der Waals surface area contributed by atoms with E-state index in [1.165, 1.54) is 0 Å². The summed E-state index contributed by atoms with van der Waals surface area (Å²) >= 11 is 0. The first-order chi connectivity index (χ1) is 20.3. The average Bonchev–Trinajstić information content (AvgIpc) is 2.90. The number of hydrogen-bond donors (Lipinski definition) is 0. The van der Waals surface area contributed by atoms with Gasteiger partial charge in [-0.2, -0.15) is 8.78 Å². The fraction of sp³-hybridized carbons (Fsp3) is 0.125. The van der Waals surface area contributed by atoms with Crippen molar-refractivity contribution in [2.75, 3.05) is 0 Å². The van der Waals surface area contributed by atoms with Crippen LogP contribution >= 0.6 is 0 Å². The van der Waals surface area contributed by atoms with Gasteiger partial charge in [0.25, 0.3) is 0 Å². The molecule has 0 aromatic heterocycles. The molecular weight excluding hydrogens is 590 g/mol. The first-order valence-electron chi connectivity index (χ1n) is 12.4. The van der Waals surface area contributed by atoms with Crippen molar-refractivity contribution in [3.05, 3.63) is 136 Å². The van der Waals surface area contributed by atoms with Crippen LogP contribution in [0.1, 0.15) is 35.6 Å². The monoisotopic (exact) mass is 608 g/mol. The fourth-order valence-corrected chi connectivity index (χ4v) is 4.06. The molecule has 43 heavy (non-hydrogen) atoms. The molecule has 0 atom stereocenters. The molecule has 1 nitrogen and oxygen atoms in total. The smallest absolute Gasteiger partial charge is 0.429 e. The molecule has 0 heterocycles. The summed E-state index contributed by atoms with van der Waals surface area (Å²) in [5.41, 5.74) is -3.35. The first-order valence-corrected chi connectivity index (χ1v) is 12.4. The van der Waals surface area contributed by atoms with E-state index < -0.39 is 69.5 Å². The molecular formula is C32H18F10O. The lowest BCUT2D eigenvalue weighted by Gasteiger charge is -2.20. The van der Waals surface area contributed by atoms with Crippen LogP contribution in [0, 0.1) is 58.4 Å². The number of halogens is 10. The maximum absolute atomic E-state index is 14.7. The summed E-state index contributed by atoms with van der Waals surface area (Å²) < 4.78 is 147. The molecule has 4 rings (SSSR count). The molecule has 0 radical (unpaired) electrons. The van der Waals surface area contributed by atoms with Gasteiger partial charge in [-0.05, 0) is 67.3 Å². The van der Waals surface area contributed by atoms with Crippen molar-refractivity contribution in [2.24, 2.45) is 0 Å². The average molecular weight is 608 g/mol. The molecule has 0 aliphatic rings. The van der Waals surface area contributed by atoms with Crippen LogP contribution in [0.25, 0.3) is 11.1 Å². The number of aryl methyl sites for hydroxylation is 1. The molecule has 0 bridgehead atoms. The quantitative estimate of drug-likeness (QED) is 0.0879. The summed E-state index contributed by atoms with van der Waals surface area (Å²) in [5, 5.41) is 0. The predicted molar refractivity (Wildman–Crippen MR) is 138 cm³/mol. The van der Waals surface area contributed by atoms with Crippen molar-refractivity contribution in [3.8, 4) is 28.7 Å². The van der Waals surface area contributed by atoms with Crippen LogP contribution in [0.15, 0.2) is 66.7 Å². The van der Waals surface area contributed by atoms with Crippen LogP contribution in [0.3, 0.4) is 0 Å². The second-order valence-electron chi connectivity index (χ2n) is 9.12. The van der Waals surface area contributed by atoms with Crippen LogP contribution in [0.2, 0.25) is 0 Å². The molecule has 0 saturated carbocycles. The lowest BCUT2D eigenvalue weighted by molar-refractivity contribution is -0.189. The minimum absolute atomic E-state index is 0.112. The second kappa shape index (κ2) is 12.7. The van der Waals surface area contributed by atoms with E-state index >= 15 is 0 Å². The summed E-state index contributed by atoms with van der Waals surface area (Å²) in [7, 11) is 0. The number of rotatable bonds is 7. The highest BCUT2D eigenvalue weighted by molar-refractivity contribution is 5.65. The molecule has 0 unspecified atom stereocenters. The maximum atomic E-state index is 14.7. The minimum Gasteiger partial charge on any atom is -0.429 e. The number of ether oxygens (including phenoxy) is 1. The largest absolute Gasteiger partial charge is 0.432 e. The van der Waals surface area contributed by atoms with Gasteiger partial charge in [-0.25, -0.2) is 35.1 Å². The van der Waals surface area contributed by atoms with Gasteiger partial charge >= 0.3 is 6.11 Å². The standard InChI is InChI=1S/C32H18F10O/c1-2-3-4-5-18-11-26(36)30(27(37)12-18)32(41,42)43-20-15-24(34)22(25(35)16-20)9-7-17-6-8-21(23(33)10-17)19-13-28(38)31(40)29(39)14-19/h2-3,6,8,10-16H,4-5H2,1H3/b3-2+. The lowest BCUT2D eigenvalue weighted by atomic mass is 10.0. The zero-order valence-electron chi connectivity index (χ0n) is 22.0. The molecule has 0 fully saturated rings. The summed E-state index contributed by atoms with van der Waals surface area (Å²) in [6, 6.07) is 6.19. The molecule has 0 amide bonds. The highest BCUT2D eigenvalue weighted by atomic mass is 19.3. The van der Waals surface area contributed by atoms with E-state index in [4.69, 9.17) is 0 Å². The van der Waals surface area contributed by atoms with Crippen LogP contribution in [0.5, 0.6) is 5.75 Å². The van der Waals surface area contributed by atoms with Crippen molar-refractivity contribution in [3.63, 3.8) is 0 Å². The third-order valence-corrected chi connectivity index (χ3v) is 6.09. The Labute approximate surface area is 239 Å². The van der Waals surface area contributed by atoms with Gasteiger partial charge in [0.15, 0.2) is 17.5 Å². The Bertz CT molecular complexity index is 1710. The molecule has 0 aliphatic carbocycles. The van der Waals surface area contributed by atoms with Gasteiger partial charge in [0.05, 0.1) is 5.56 Å². The molecule has 4 aromatic carbocycles. The highest BCUT2D eigenvalue weighted by Gasteiger charge is 2.41.